The first-order valence-corrected chi connectivity index (χ1v) is 13.0. The lowest BCUT2D eigenvalue weighted by molar-refractivity contribution is 0.0531. The molecule has 3 aromatic rings. The van der Waals surface area contributed by atoms with Crippen LogP contribution in [0.4, 0.5) is 4.39 Å². The molecule has 0 bridgehead atoms. The first-order chi connectivity index (χ1) is 14.4. The molecule has 2 aromatic heterocycles. The molecule has 0 N–H and O–H groups in total. The molecule has 1 aliphatic rings. The van der Waals surface area contributed by atoms with Crippen LogP contribution in [0.2, 0.25) is 0 Å². The number of halogens is 1. The van der Waals surface area contributed by atoms with Gasteiger partial charge in [0.15, 0.2) is 9.84 Å². The van der Waals surface area contributed by atoms with Gasteiger partial charge in [0, 0.05) is 22.3 Å². The van der Waals surface area contributed by atoms with Crippen LogP contribution in [0.3, 0.4) is 0 Å². The van der Waals surface area contributed by atoms with Gasteiger partial charge in [-0.15, -0.1) is 21.5 Å². The van der Waals surface area contributed by atoms with Crippen LogP contribution in [-0.2, 0) is 26.7 Å². The summed E-state index contributed by atoms with van der Waals surface area (Å²) < 4.78 is 49.1. The number of esters is 1. The Hall–Kier alpha value is -1.98. The Morgan fingerprint density at radius 2 is 2.23 bits per heavy atom. The zero-order valence-electron chi connectivity index (χ0n) is 16.1. The summed E-state index contributed by atoms with van der Waals surface area (Å²) in [5.74, 6) is 0.0761. The van der Waals surface area contributed by atoms with Gasteiger partial charge in [0.2, 0.25) is 5.89 Å². The van der Waals surface area contributed by atoms with Gasteiger partial charge in [-0.05, 0) is 37.0 Å². The van der Waals surface area contributed by atoms with Crippen molar-refractivity contribution in [3.05, 3.63) is 40.3 Å². The van der Waals surface area contributed by atoms with Gasteiger partial charge in [-0.1, -0.05) is 17.8 Å². The smallest absolute Gasteiger partial charge is 0.348 e. The first-order valence-electron chi connectivity index (χ1n) is 9.39. The molecule has 0 saturated carbocycles. The third kappa shape index (κ3) is 4.52. The van der Waals surface area contributed by atoms with E-state index in [0.29, 0.717) is 39.3 Å². The Morgan fingerprint density at radius 1 is 1.40 bits per heavy atom. The molecule has 7 nitrogen and oxygen atoms in total. The van der Waals surface area contributed by atoms with Crippen molar-refractivity contribution in [2.45, 2.75) is 30.7 Å². The zero-order valence-corrected chi connectivity index (χ0v) is 18.5. The number of carbonyl (C=O) groups is 1. The van der Waals surface area contributed by atoms with Gasteiger partial charge in [-0.2, -0.15) is 0 Å². The minimum atomic E-state index is -2.96. The number of ether oxygens (including phenoxy) is 1. The fourth-order valence-electron chi connectivity index (χ4n) is 3.46. The largest absolute Gasteiger partial charge is 0.462 e. The van der Waals surface area contributed by atoms with Crippen molar-refractivity contribution in [1.82, 2.24) is 10.2 Å². The number of thiophene rings is 1. The highest BCUT2D eigenvalue weighted by molar-refractivity contribution is 7.98. The van der Waals surface area contributed by atoms with Gasteiger partial charge in [0.05, 0.1) is 18.1 Å². The van der Waals surface area contributed by atoms with Crippen molar-refractivity contribution in [2.24, 2.45) is 5.92 Å². The van der Waals surface area contributed by atoms with E-state index < -0.39 is 21.6 Å². The molecule has 1 atom stereocenters. The highest BCUT2D eigenvalue weighted by Crippen LogP contribution is 2.37. The van der Waals surface area contributed by atoms with Crippen molar-refractivity contribution in [3.63, 3.8) is 0 Å². The van der Waals surface area contributed by atoms with Crippen molar-refractivity contribution < 1.29 is 26.8 Å². The lowest BCUT2D eigenvalue weighted by atomic mass is 10.1. The summed E-state index contributed by atoms with van der Waals surface area (Å²) in [6.07, 6.45) is 1.01. The number of carbonyl (C=O) groups excluding carboxylic acids is 1. The summed E-state index contributed by atoms with van der Waals surface area (Å²) in [7, 11) is -2.96. The van der Waals surface area contributed by atoms with Crippen LogP contribution in [0.15, 0.2) is 27.8 Å². The molecule has 1 unspecified atom stereocenters. The quantitative estimate of drug-likeness (QED) is 0.379. The number of hydrogen-bond donors (Lipinski definition) is 0. The number of thioether (sulfide) groups is 1. The summed E-state index contributed by atoms with van der Waals surface area (Å²) in [4.78, 5) is 12.7. The Bertz CT molecular complexity index is 1190. The standard InChI is InChI=1S/C19H19FN2O5S3/c1-2-26-18(23)17-12(16-13(20)4-3-5-14(16)29-17)9-28-19-22-21-15(27-19)8-11-6-7-30(24,25)10-11/h3-5,11H,2,6-10H2,1H3. The monoisotopic (exact) mass is 470 g/mol. The molecule has 0 amide bonds. The SMILES string of the molecule is CCOC(=O)c1sc2cccc(F)c2c1CSc1nnc(CC2CCS(=O)(=O)C2)o1. The second-order valence-electron chi connectivity index (χ2n) is 6.97. The predicted octanol–water partition coefficient (Wildman–Crippen LogP) is 3.87. The highest BCUT2D eigenvalue weighted by atomic mass is 32.2. The van der Waals surface area contributed by atoms with Gasteiger partial charge in [0.1, 0.15) is 10.7 Å². The van der Waals surface area contributed by atoms with Crippen LogP contribution in [-0.4, -0.2) is 42.7 Å². The van der Waals surface area contributed by atoms with E-state index in [-0.39, 0.29) is 35.0 Å². The maximum absolute atomic E-state index is 14.5. The van der Waals surface area contributed by atoms with Gasteiger partial charge >= 0.3 is 5.97 Å². The molecule has 0 spiro atoms. The number of aromatic nitrogens is 2. The fourth-order valence-corrected chi connectivity index (χ4v) is 7.35. The highest BCUT2D eigenvalue weighted by Gasteiger charge is 2.29. The number of rotatable bonds is 7. The summed E-state index contributed by atoms with van der Waals surface area (Å²) in [5.41, 5.74) is 0.540. The molecule has 4 rings (SSSR count). The van der Waals surface area contributed by atoms with Crippen LogP contribution < -0.4 is 0 Å². The Labute approximate surface area is 180 Å². The summed E-state index contributed by atoms with van der Waals surface area (Å²) in [6, 6.07) is 4.73. The molecule has 11 heteroatoms. The predicted molar refractivity (Wildman–Crippen MR) is 112 cm³/mol. The van der Waals surface area contributed by atoms with Crippen LogP contribution >= 0.6 is 23.1 Å². The summed E-state index contributed by atoms with van der Waals surface area (Å²) in [6.45, 7) is 1.95. The van der Waals surface area contributed by atoms with Crippen LogP contribution in [0.25, 0.3) is 10.1 Å². The molecule has 0 radical (unpaired) electrons. The minimum absolute atomic E-state index is 0.0152. The van der Waals surface area contributed by atoms with E-state index >= 15 is 0 Å². The Kier molecular flexibility index (Phi) is 6.12. The van der Waals surface area contributed by atoms with E-state index in [1.54, 1.807) is 19.1 Å². The summed E-state index contributed by atoms with van der Waals surface area (Å²) in [5, 5.41) is 8.68. The van der Waals surface area contributed by atoms with E-state index in [9.17, 15) is 17.6 Å². The molecular formula is C19H19FN2O5S3. The van der Waals surface area contributed by atoms with E-state index in [1.807, 2.05) is 0 Å². The van der Waals surface area contributed by atoms with Gasteiger partial charge in [0.25, 0.3) is 5.22 Å². The number of fused-ring (bicyclic) bond motifs is 1. The molecule has 30 heavy (non-hydrogen) atoms. The minimum Gasteiger partial charge on any atom is -0.462 e. The van der Waals surface area contributed by atoms with Gasteiger partial charge < -0.3 is 9.15 Å². The van der Waals surface area contributed by atoms with E-state index in [4.69, 9.17) is 9.15 Å². The molecule has 1 saturated heterocycles. The van der Waals surface area contributed by atoms with Gasteiger partial charge in [-0.3, -0.25) is 0 Å². The van der Waals surface area contributed by atoms with E-state index in [2.05, 4.69) is 10.2 Å². The molecule has 1 fully saturated rings. The van der Waals surface area contributed by atoms with Crippen LogP contribution in [0.5, 0.6) is 0 Å². The normalized spacial score (nSPS) is 18.1. The lowest BCUT2D eigenvalue weighted by Gasteiger charge is -2.04. The number of sulfone groups is 1. The Balaban J connectivity index is 1.52. The molecule has 160 valence electrons. The van der Waals surface area contributed by atoms with Crippen molar-refractivity contribution in [2.75, 3.05) is 18.1 Å². The number of hydrogen-bond acceptors (Lipinski definition) is 9. The fraction of sp³-hybridized carbons (Fsp3) is 0.421. The third-order valence-corrected chi connectivity index (χ3v) is 8.66. The molecule has 1 aliphatic heterocycles. The Morgan fingerprint density at radius 3 is 2.97 bits per heavy atom. The van der Waals surface area contributed by atoms with E-state index in [0.717, 1.165) is 0 Å². The molecule has 0 aliphatic carbocycles. The second-order valence-corrected chi connectivity index (χ2v) is 11.2. The van der Waals surface area contributed by atoms with Crippen molar-refractivity contribution >= 4 is 49.0 Å². The van der Waals surface area contributed by atoms with Crippen molar-refractivity contribution in [3.8, 4) is 0 Å². The van der Waals surface area contributed by atoms with Crippen LogP contribution in [0, 0.1) is 11.7 Å². The first kappa shape index (κ1) is 21.3. The van der Waals surface area contributed by atoms with E-state index in [1.165, 1.54) is 29.2 Å². The van der Waals surface area contributed by atoms with Gasteiger partial charge in [-0.25, -0.2) is 17.6 Å². The van der Waals surface area contributed by atoms with Crippen LogP contribution in [0.1, 0.15) is 34.5 Å². The number of benzene rings is 1. The topological polar surface area (TPSA) is 99.4 Å². The lowest BCUT2D eigenvalue weighted by Crippen LogP contribution is -2.07. The van der Waals surface area contributed by atoms with Crippen molar-refractivity contribution in [1.29, 1.82) is 0 Å². The average molecular weight is 471 g/mol. The second kappa shape index (κ2) is 8.64. The zero-order chi connectivity index (χ0) is 21.3. The average Bonchev–Trinajstić information content (AvgIpc) is 3.38. The number of nitrogens with zero attached hydrogens (tertiary/aromatic N) is 2. The third-order valence-electron chi connectivity index (χ3n) is 4.80. The molecular weight excluding hydrogens is 451 g/mol. The maximum Gasteiger partial charge on any atom is 0.348 e. The molecule has 1 aromatic carbocycles. The summed E-state index contributed by atoms with van der Waals surface area (Å²) >= 11 is 2.40. The maximum atomic E-state index is 14.5. The molecule has 3 heterocycles.